The second kappa shape index (κ2) is 7.98. The Hall–Kier alpha value is -2.93. The summed E-state index contributed by atoms with van der Waals surface area (Å²) in [5, 5.41) is 7.74. The third kappa shape index (κ3) is 3.99. The molecule has 1 fully saturated rings. The molecule has 4 rings (SSSR count). The van der Waals surface area contributed by atoms with Gasteiger partial charge in [0.05, 0.1) is 24.3 Å². The zero-order valence-electron chi connectivity index (χ0n) is 15.5. The number of hydrogen-bond donors (Lipinski definition) is 1. The van der Waals surface area contributed by atoms with E-state index in [0.717, 1.165) is 37.5 Å². The fraction of sp³-hybridized carbons (Fsp3) is 0.300. The average molecular weight is 397 g/mol. The molecule has 144 valence electrons. The Bertz CT molecular complexity index is 980. The van der Waals surface area contributed by atoms with E-state index in [0.29, 0.717) is 22.1 Å². The van der Waals surface area contributed by atoms with E-state index in [9.17, 15) is 4.79 Å². The van der Waals surface area contributed by atoms with Gasteiger partial charge in [-0.2, -0.15) is 5.10 Å². The number of piperidine rings is 1. The third-order valence-electron chi connectivity index (χ3n) is 4.94. The highest BCUT2D eigenvalue weighted by Gasteiger charge is 2.20. The summed E-state index contributed by atoms with van der Waals surface area (Å²) in [5.74, 6) is 1.20. The maximum Gasteiger partial charge on any atom is 0.255 e. The van der Waals surface area contributed by atoms with Gasteiger partial charge in [0.25, 0.3) is 5.91 Å². The van der Waals surface area contributed by atoms with Crippen LogP contribution in [0.3, 0.4) is 0 Å². The lowest BCUT2D eigenvalue weighted by Crippen LogP contribution is -2.33. The molecule has 7 nitrogen and oxygen atoms in total. The Morgan fingerprint density at radius 2 is 2.07 bits per heavy atom. The van der Waals surface area contributed by atoms with Gasteiger partial charge in [0, 0.05) is 23.7 Å². The molecular formula is C20H21ClN6O. The van der Waals surface area contributed by atoms with E-state index in [-0.39, 0.29) is 5.91 Å². The van der Waals surface area contributed by atoms with Crippen molar-refractivity contribution in [2.45, 2.75) is 19.8 Å². The van der Waals surface area contributed by atoms with Crippen LogP contribution in [0.4, 0.5) is 11.4 Å². The molecule has 3 heterocycles. The molecule has 0 atom stereocenters. The summed E-state index contributed by atoms with van der Waals surface area (Å²) in [7, 11) is 0. The number of carbonyl (C=O) groups is 1. The minimum absolute atomic E-state index is 0.241. The fourth-order valence-electron chi connectivity index (χ4n) is 3.30. The number of nitrogens with zero attached hydrogens (tertiary/aromatic N) is 5. The molecule has 1 saturated heterocycles. The maximum atomic E-state index is 12.4. The first kappa shape index (κ1) is 18.4. The number of benzene rings is 1. The molecule has 0 bridgehead atoms. The average Bonchev–Trinajstić information content (AvgIpc) is 3.17. The third-order valence-corrected chi connectivity index (χ3v) is 5.18. The zero-order chi connectivity index (χ0) is 19.5. The molecular weight excluding hydrogens is 376 g/mol. The van der Waals surface area contributed by atoms with Crippen LogP contribution in [0, 0.1) is 5.92 Å². The Morgan fingerprint density at radius 1 is 1.25 bits per heavy atom. The number of hydrogen-bond acceptors (Lipinski definition) is 5. The summed E-state index contributed by atoms with van der Waals surface area (Å²) in [6.07, 6.45) is 8.98. The molecule has 1 N–H and O–H groups in total. The number of anilines is 2. The molecule has 1 amide bonds. The predicted molar refractivity (Wildman–Crippen MR) is 109 cm³/mol. The summed E-state index contributed by atoms with van der Waals surface area (Å²) in [5.41, 5.74) is 2.03. The van der Waals surface area contributed by atoms with Gasteiger partial charge in [-0.25, -0.2) is 14.6 Å². The van der Waals surface area contributed by atoms with Crippen LogP contribution >= 0.6 is 11.6 Å². The molecule has 0 unspecified atom stereocenters. The number of halogens is 1. The Labute approximate surface area is 168 Å². The molecule has 28 heavy (non-hydrogen) atoms. The second-order valence-corrected chi connectivity index (χ2v) is 7.48. The highest BCUT2D eigenvalue weighted by atomic mass is 35.5. The molecule has 1 aliphatic rings. The highest BCUT2D eigenvalue weighted by molar-refractivity contribution is 6.31. The number of carbonyl (C=O) groups excluding carboxylic acids is 1. The van der Waals surface area contributed by atoms with Crippen molar-refractivity contribution >= 4 is 28.9 Å². The molecule has 3 aromatic rings. The lowest BCUT2D eigenvalue weighted by molar-refractivity contribution is 0.102. The van der Waals surface area contributed by atoms with Crippen molar-refractivity contribution < 1.29 is 4.79 Å². The molecule has 8 heteroatoms. The van der Waals surface area contributed by atoms with Gasteiger partial charge in [0.1, 0.15) is 12.0 Å². The highest BCUT2D eigenvalue weighted by Crippen LogP contribution is 2.27. The first-order valence-electron chi connectivity index (χ1n) is 9.27. The lowest BCUT2D eigenvalue weighted by Gasteiger charge is -2.32. The molecule has 0 saturated carbocycles. The Balaban J connectivity index is 1.54. The van der Waals surface area contributed by atoms with Gasteiger partial charge in [-0.05, 0) is 37.0 Å². The van der Waals surface area contributed by atoms with E-state index in [1.807, 2.05) is 6.20 Å². The summed E-state index contributed by atoms with van der Waals surface area (Å²) in [4.78, 5) is 23.3. The lowest BCUT2D eigenvalue weighted by atomic mass is 9.99. The first-order valence-corrected chi connectivity index (χ1v) is 9.65. The van der Waals surface area contributed by atoms with Crippen LogP contribution in [0.1, 0.15) is 30.1 Å². The Morgan fingerprint density at radius 3 is 2.86 bits per heavy atom. The van der Waals surface area contributed by atoms with Gasteiger partial charge in [-0.15, -0.1) is 0 Å². The molecule has 0 radical (unpaired) electrons. The number of aromatic nitrogens is 4. The largest absolute Gasteiger partial charge is 0.367 e. The van der Waals surface area contributed by atoms with Crippen LogP contribution in [0.2, 0.25) is 5.02 Å². The molecule has 0 spiro atoms. The van der Waals surface area contributed by atoms with Crippen LogP contribution in [-0.4, -0.2) is 38.7 Å². The van der Waals surface area contributed by atoms with Crippen molar-refractivity contribution in [3.63, 3.8) is 0 Å². The molecule has 2 aromatic heterocycles. The number of amides is 1. The van der Waals surface area contributed by atoms with E-state index < -0.39 is 0 Å². The van der Waals surface area contributed by atoms with Crippen molar-refractivity contribution in [3.8, 4) is 5.82 Å². The minimum Gasteiger partial charge on any atom is -0.367 e. The van der Waals surface area contributed by atoms with Gasteiger partial charge in [0.15, 0.2) is 5.82 Å². The standard InChI is InChI=1S/C20H21ClN6O/c1-14-5-7-26(8-6-14)18-11-22-13-23-19(18)27-12-17(10-24-27)25-20(28)15-3-2-4-16(21)9-15/h2-4,9-14H,5-8H2,1H3,(H,25,28). The predicted octanol–water partition coefficient (Wildman–Crippen LogP) is 3.80. The number of rotatable bonds is 4. The van der Waals surface area contributed by atoms with E-state index in [2.05, 4.69) is 32.2 Å². The van der Waals surface area contributed by atoms with Crippen LogP contribution in [-0.2, 0) is 0 Å². The van der Waals surface area contributed by atoms with Crippen LogP contribution in [0.5, 0.6) is 0 Å². The zero-order valence-corrected chi connectivity index (χ0v) is 16.3. The van der Waals surface area contributed by atoms with Crippen molar-refractivity contribution in [3.05, 3.63) is 59.8 Å². The van der Waals surface area contributed by atoms with E-state index in [1.54, 1.807) is 41.3 Å². The number of nitrogens with one attached hydrogen (secondary N) is 1. The first-order chi connectivity index (χ1) is 13.6. The van der Waals surface area contributed by atoms with Gasteiger partial charge in [-0.1, -0.05) is 24.6 Å². The van der Waals surface area contributed by atoms with Crippen molar-refractivity contribution in [1.82, 2.24) is 19.7 Å². The maximum absolute atomic E-state index is 12.4. The summed E-state index contributed by atoms with van der Waals surface area (Å²) >= 11 is 5.96. The summed E-state index contributed by atoms with van der Waals surface area (Å²) < 4.78 is 1.67. The van der Waals surface area contributed by atoms with E-state index >= 15 is 0 Å². The second-order valence-electron chi connectivity index (χ2n) is 7.04. The Kier molecular flexibility index (Phi) is 5.25. The van der Waals surface area contributed by atoms with Gasteiger partial charge >= 0.3 is 0 Å². The molecule has 0 aliphatic carbocycles. The summed E-state index contributed by atoms with van der Waals surface area (Å²) in [6.45, 7) is 4.23. The summed E-state index contributed by atoms with van der Waals surface area (Å²) in [6, 6.07) is 6.81. The SMILES string of the molecule is CC1CCN(c2cncnc2-n2cc(NC(=O)c3cccc(Cl)c3)cn2)CC1. The van der Waals surface area contributed by atoms with E-state index in [1.165, 1.54) is 6.33 Å². The van der Waals surface area contributed by atoms with Crippen molar-refractivity contribution in [2.24, 2.45) is 5.92 Å². The van der Waals surface area contributed by atoms with Crippen LogP contribution < -0.4 is 10.2 Å². The van der Waals surface area contributed by atoms with Gasteiger partial charge in [-0.3, -0.25) is 4.79 Å². The topological polar surface area (TPSA) is 75.9 Å². The fourth-order valence-corrected chi connectivity index (χ4v) is 3.49. The van der Waals surface area contributed by atoms with Crippen molar-refractivity contribution in [2.75, 3.05) is 23.3 Å². The molecule has 1 aliphatic heterocycles. The van der Waals surface area contributed by atoms with E-state index in [4.69, 9.17) is 11.6 Å². The normalized spacial score (nSPS) is 14.9. The van der Waals surface area contributed by atoms with Crippen LogP contribution in [0.15, 0.2) is 49.2 Å². The monoisotopic (exact) mass is 396 g/mol. The molecule has 1 aromatic carbocycles. The smallest absolute Gasteiger partial charge is 0.255 e. The minimum atomic E-state index is -0.241. The quantitative estimate of drug-likeness (QED) is 0.725. The van der Waals surface area contributed by atoms with Gasteiger partial charge in [0.2, 0.25) is 0 Å². The van der Waals surface area contributed by atoms with Crippen LogP contribution in [0.25, 0.3) is 5.82 Å². The van der Waals surface area contributed by atoms with Gasteiger partial charge < -0.3 is 10.2 Å². The van der Waals surface area contributed by atoms with Crippen molar-refractivity contribution in [1.29, 1.82) is 0 Å².